The van der Waals surface area contributed by atoms with Gasteiger partial charge in [0.2, 0.25) is 0 Å². The molecule has 0 atom stereocenters. The van der Waals surface area contributed by atoms with Crippen LogP contribution in [0.15, 0.2) is 77.8 Å². The number of aliphatic hydroxyl groups is 1. The molecule has 0 unspecified atom stereocenters. The molecule has 0 aliphatic rings. The smallest absolute Gasteiger partial charge is 0.178 e. The number of imidazole rings is 1. The SMILES string of the molecule is CCS(=O)(=O)c1cccc(-c2ccc(-n3cc(C(C)(C)O)nc3-c3c(F)cccc3Cl)cc2)c1. The Kier molecular flexibility index (Phi) is 6.38. The van der Waals surface area contributed by atoms with E-state index in [4.69, 9.17) is 11.6 Å². The van der Waals surface area contributed by atoms with Crippen molar-refractivity contribution < 1.29 is 17.9 Å². The summed E-state index contributed by atoms with van der Waals surface area (Å²) in [6.07, 6.45) is 1.65. The van der Waals surface area contributed by atoms with Gasteiger partial charge in [-0.25, -0.2) is 17.8 Å². The predicted molar refractivity (Wildman–Crippen MR) is 132 cm³/mol. The van der Waals surface area contributed by atoms with Crippen LogP contribution in [0.25, 0.3) is 28.2 Å². The van der Waals surface area contributed by atoms with E-state index < -0.39 is 21.3 Å². The maximum absolute atomic E-state index is 14.7. The van der Waals surface area contributed by atoms with Crippen molar-refractivity contribution in [2.75, 3.05) is 5.75 Å². The summed E-state index contributed by atoms with van der Waals surface area (Å²) in [6.45, 7) is 4.82. The zero-order valence-electron chi connectivity index (χ0n) is 19.0. The largest absolute Gasteiger partial charge is 0.384 e. The van der Waals surface area contributed by atoms with Crippen LogP contribution in [0.1, 0.15) is 26.5 Å². The molecule has 0 bridgehead atoms. The zero-order chi connectivity index (χ0) is 24.7. The fraction of sp³-hybridized carbons (Fsp3) is 0.192. The molecule has 0 radical (unpaired) electrons. The van der Waals surface area contributed by atoms with Crippen LogP contribution in [0.4, 0.5) is 4.39 Å². The predicted octanol–water partition coefficient (Wildman–Crippen LogP) is 6.02. The number of hydrogen-bond donors (Lipinski definition) is 1. The molecular formula is C26H24ClFN2O3S. The lowest BCUT2D eigenvalue weighted by Crippen LogP contribution is -2.15. The average Bonchev–Trinajstić information content (AvgIpc) is 3.25. The van der Waals surface area contributed by atoms with Crippen molar-refractivity contribution in [2.45, 2.75) is 31.3 Å². The van der Waals surface area contributed by atoms with Crippen molar-refractivity contribution in [3.05, 3.63) is 89.5 Å². The summed E-state index contributed by atoms with van der Waals surface area (Å²) in [5.41, 5.74) is 1.53. The summed E-state index contributed by atoms with van der Waals surface area (Å²) in [7, 11) is -3.32. The van der Waals surface area contributed by atoms with Gasteiger partial charge in [-0.05, 0) is 61.4 Å². The molecule has 0 saturated heterocycles. The first-order valence-corrected chi connectivity index (χ1v) is 12.7. The molecule has 34 heavy (non-hydrogen) atoms. The highest BCUT2D eigenvalue weighted by atomic mass is 35.5. The van der Waals surface area contributed by atoms with Crippen molar-refractivity contribution in [1.82, 2.24) is 9.55 Å². The molecule has 0 aliphatic heterocycles. The Morgan fingerprint density at radius 2 is 1.71 bits per heavy atom. The fourth-order valence-corrected chi connectivity index (χ4v) is 4.78. The van der Waals surface area contributed by atoms with E-state index in [0.717, 1.165) is 11.1 Å². The number of nitrogens with zero attached hydrogens (tertiary/aromatic N) is 2. The normalized spacial score (nSPS) is 12.2. The lowest BCUT2D eigenvalue weighted by Gasteiger charge is -2.13. The van der Waals surface area contributed by atoms with Gasteiger partial charge in [0, 0.05) is 11.9 Å². The van der Waals surface area contributed by atoms with Crippen LogP contribution in [0.2, 0.25) is 5.02 Å². The van der Waals surface area contributed by atoms with Crippen LogP contribution in [0, 0.1) is 5.82 Å². The van der Waals surface area contributed by atoms with Crippen molar-refractivity contribution >= 4 is 21.4 Å². The second-order valence-electron chi connectivity index (χ2n) is 8.45. The van der Waals surface area contributed by atoms with E-state index in [1.165, 1.54) is 12.1 Å². The minimum Gasteiger partial charge on any atom is -0.384 e. The van der Waals surface area contributed by atoms with Gasteiger partial charge in [0.15, 0.2) is 9.84 Å². The van der Waals surface area contributed by atoms with E-state index in [9.17, 15) is 17.9 Å². The Bertz CT molecular complexity index is 1440. The fourth-order valence-electron chi connectivity index (χ4n) is 3.61. The van der Waals surface area contributed by atoms with Crippen molar-refractivity contribution in [3.8, 4) is 28.2 Å². The standard InChI is InChI=1S/C26H24ClFN2O3S/c1-4-34(32,33)20-8-5-7-18(15-20)17-11-13-19(14-12-17)30-16-23(26(2,3)31)29-25(30)24-21(27)9-6-10-22(24)28/h5-16,31H,4H2,1-3H3. The summed E-state index contributed by atoms with van der Waals surface area (Å²) in [5.74, 6) is -0.225. The number of sulfone groups is 1. The Balaban J connectivity index is 1.81. The molecule has 1 N–H and O–H groups in total. The summed E-state index contributed by atoms with van der Waals surface area (Å²) < 4.78 is 40.9. The highest BCUT2D eigenvalue weighted by molar-refractivity contribution is 7.91. The quantitative estimate of drug-likeness (QED) is 0.353. The van der Waals surface area contributed by atoms with Gasteiger partial charge in [0.05, 0.1) is 26.9 Å². The molecule has 1 heterocycles. The second-order valence-corrected chi connectivity index (χ2v) is 11.1. The highest BCUT2D eigenvalue weighted by Crippen LogP contribution is 2.34. The number of halogens is 2. The Morgan fingerprint density at radius 3 is 2.32 bits per heavy atom. The molecule has 0 aliphatic carbocycles. The third-order valence-electron chi connectivity index (χ3n) is 5.57. The van der Waals surface area contributed by atoms with Crippen LogP contribution >= 0.6 is 11.6 Å². The van der Waals surface area contributed by atoms with Crippen molar-refractivity contribution in [1.29, 1.82) is 0 Å². The van der Waals surface area contributed by atoms with E-state index in [2.05, 4.69) is 4.98 Å². The first kappa shape index (κ1) is 24.1. The summed E-state index contributed by atoms with van der Waals surface area (Å²) in [6, 6.07) is 18.6. The zero-order valence-corrected chi connectivity index (χ0v) is 20.5. The van der Waals surface area contributed by atoms with Crippen LogP contribution in [0.5, 0.6) is 0 Å². The molecular weight excluding hydrogens is 475 g/mol. The highest BCUT2D eigenvalue weighted by Gasteiger charge is 2.25. The molecule has 8 heteroatoms. The van der Waals surface area contributed by atoms with Gasteiger partial charge >= 0.3 is 0 Å². The molecule has 5 nitrogen and oxygen atoms in total. The van der Waals surface area contributed by atoms with Gasteiger partial charge in [-0.1, -0.05) is 48.9 Å². The van der Waals surface area contributed by atoms with Gasteiger partial charge in [0.1, 0.15) is 17.2 Å². The van der Waals surface area contributed by atoms with Crippen molar-refractivity contribution in [2.24, 2.45) is 0 Å². The van der Waals surface area contributed by atoms with Crippen molar-refractivity contribution in [3.63, 3.8) is 0 Å². The van der Waals surface area contributed by atoms with Gasteiger partial charge < -0.3 is 5.11 Å². The van der Waals surface area contributed by atoms with E-state index in [1.54, 1.807) is 55.8 Å². The minimum absolute atomic E-state index is 0.0287. The van der Waals surface area contributed by atoms with E-state index >= 15 is 0 Å². The van der Waals surface area contributed by atoms with Crippen LogP contribution < -0.4 is 0 Å². The minimum atomic E-state index is -3.32. The molecule has 1 aromatic heterocycles. The molecule has 0 amide bonds. The third-order valence-corrected chi connectivity index (χ3v) is 7.62. The summed E-state index contributed by atoms with van der Waals surface area (Å²) in [4.78, 5) is 4.78. The van der Waals surface area contributed by atoms with Crippen LogP contribution in [-0.4, -0.2) is 28.8 Å². The molecule has 0 fully saturated rings. The van der Waals surface area contributed by atoms with E-state index in [-0.39, 0.29) is 27.1 Å². The first-order chi connectivity index (χ1) is 16.0. The van der Waals surface area contributed by atoms with Gasteiger partial charge in [-0.15, -0.1) is 0 Å². The summed E-state index contributed by atoms with van der Waals surface area (Å²) >= 11 is 6.31. The number of rotatable bonds is 6. The topological polar surface area (TPSA) is 72.2 Å². The second kappa shape index (κ2) is 8.98. The molecule has 4 aromatic rings. The monoisotopic (exact) mass is 498 g/mol. The van der Waals surface area contributed by atoms with Gasteiger partial charge in [-0.3, -0.25) is 4.57 Å². The number of aromatic nitrogens is 2. The Labute approximate surface area is 203 Å². The maximum atomic E-state index is 14.7. The Hall–Kier alpha value is -3.00. The maximum Gasteiger partial charge on any atom is 0.178 e. The first-order valence-electron chi connectivity index (χ1n) is 10.7. The average molecular weight is 499 g/mol. The lowest BCUT2D eigenvalue weighted by atomic mass is 10.1. The van der Waals surface area contributed by atoms with Gasteiger partial charge in [0.25, 0.3) is 0 Å². The molecule has 176 valence electrons. The lowest BCUT2D eigenvalue weighted by molar-refractivity contribution is 0.0743. The number of benzene rings is 3. The third kappa shape index (κ3) is 4.64. The molecule has 4 rings (SSSR count). The molecule has 0 saturated carbocycles. The van der Waals surface area contributed by atoms with Crippen LogP contribution in [0.3, 0.4) is 0 Å². The number of hydrogen-bond acceptors (Lipinski definition) is 4. The van der Waals surface area contributed by atoms with E-state index in [1.807, 2.05) is 30.3 Å². The molecule has 0 spiro atoms. The van der Waals surface area contributed by atoms with Crippen LogP contribution in [-0.2, 0) is 15.4 Å². The Morgan fingerprint density at radius 1 is 1.03 bits per heavy atom. The molecule has 3 aromatic carbocycles. The summed E-state index contributed by atoms with van der Waals surface area (Å²) in [5, 5.41) is 10.7. The van der Waals surface area contributed by atoms with E-state index in [0.29, 0.717) is 11.4 Å². The van der Waals surface area contributed by atoms with Gasteiger partial charge in [-0.2, -0.15) is 0 Å².